The number of carboxylic acids is 1. The highest BCUT2D eigenvalue weighted by atomic mass is 32.2. The molecule has 0 spiro atoms. The van der Waals surface area contributed by atoms with E-state index in [0.29, 0.717) is 36.9 Å². The predicted octanol–water partition coefficient (Wildman–Crippen LogP) is 2.53. The van der Waals surface area contributed by atoms with Crippen LogP contribution in [0, 0.1) is 5.92 Å². The molecule has 0 aromatic heterocycles. The Kier molecular flexibility index (Phi) is 6.64. The summed E-state index contributed by atoms with van der Waals surface area (Å²) in [5.41, 5.74) is 1.20. The Morgan fingerprint density at radius 2 is 1.78 bits per heavy atom. The highest BCUT2D eigenvalue weighted by Crippen LogP contribution is 2.27. The molecule has 0 radical (unpaired) electrons. The van der Waals surface area contributed by atoms with Gasteiger partial charge in [-0.25, -0.2) is 13.1 Å². The molecule has 0 unspecified atom stereocenters. The third kappa shape index (κ3) is 6.04. The Morgan fingerprint density at radius 3 is 2.33 bits per heavy atom. The zero-order valence-corrected chi connectivity index (χ0v) is 16.8. The number of hydrogen-bond acceptors (Lipinski definition) is 4. The van der Waals surface area contributed by atoms with Crippen molar-refractivity contribution >= 4 is 27.6 Å². The summed E-state index contributed by atoms with van der Waals surface area (Å²) >= 11 is 0. The third-order valence-electron chi connectivity index (χ3n) is 4.78. The predicted molar refractivity (Wildman–Crippen MR) is 104 cm³/mol. The minimum Gasteiger partial charge on any atom is -0.481 e. The van der Waals surface area contributed by atoms with Crippen LogP contribution in [0.15, 0.2) is 24.3 Å². The summed E-state index contributed by atoms with van der Waals surface area (Å²) in [5.74, 6) is -1.21. The normalized spacial score (nSPS) is 20.9. The van der Waals surface area contributed by atoms with Gasteiger partial charge in [-0.1, -0.05) is 12.1 Å². The van der Waals surface area contributed by atoms with Gasteiger partial charge < -0.3 is 10.4 Å². The summed E-state index contributed by atoms with van der Waals surface area (Å²) in [6.07, 6.45) is 2.36. The van der Waals surface area contributed by atoms with Crippen molar-refractivity contribution < 1.29 is 23.1 Å². The molecule has 2 rings (SSSR count). The summed E-state index contributed by atoms with van der Waals surface area (Å²) in [7, 11) is -3.40. The summed E-state index contributed by atoms with van der Waals surface area (Å²) in [6.45, 7) is 4.98. The van der Waals surface area contributed by atoms with Crippen molar-refractivity contribution in [1.29, 1.82) is 0 Å². The maximum absolute atomic E-state index is 12.5. The smallest absolute Gasteiger partial charge is 0.307 e. The molecule has 150 valence electrons. The molecule has 1 amide bonds. The van der Waals surface area contributed by atoms with Crippen LogP contribution in [0.5, 0.6) is 0 Å². The number of amides is 1. The fourth-order valence-electron chi connectivity index (χ4n) is 3.05. The van der Waals surface area contributed by atoms with E-state index in [1.807, 2.05) is 0 Å². The number of rotatable bonds is 6. The number of carbonyl (C=O) groups is 2. The zero-order chi connectivity index (χ0) is 20.2. The van der Waals surface area contributed by atoms with Crippen LogP contribution in [-0.2, 0) is 26.0 Å². The first-order chi connectivity index (χ1) is 12.5. The van der Waals surface area contributed by atoms with Crippen LogP contribution in [0.2, 0.25) is 0 Å². The van der Waals surface area contributed by atoms with Crippen LogP contribution in [0.3, 0.4) is 0 Å². The molecule has 0 bridgehead atoms. The lowest BCUT2D eigenvalue weighted by Gasteiger charge is -2.30. The molecule has 27 heavy (non-hydrogen) atoms. The Balaban J connectivity index is 1.89. The molecule has 1 aromatic carbocycles. The Morgan fingerprint density at radius 1 is 1.15 bits per heavy atom. The first-order valence-electron chi connectivity index (χ1n) is 9.11. The van der Waals surface area contributed by atoms with E-state index >= 15 is 0 Å². The van der Waals surface area contributed by atoms with Gasteiger partial charge in [0, 0.05) is 17.6 Å². The minimum absolute atomic E-state index is 0.0945. The molecule has 1 aromatic rings. The quantitative estimate of drug-likeness (QED) is 0.684. The summed E-state index contributed by atoms with van der Waals surface area (Å²) in [6, 6.07) is 6.67. The van der Waals surface area contributed by atoms with Gasteiger partial charge in [0.25, 0.3) is 0 Å². The second-order valence-corrected chi connectivity index (χ2v) is 10.5. The highest BCUT2D eigenvalue weighted by molar-refractivity contribution is 7.90. The lowest BCUT2D eigenvalue weighted by molar-refractivity contribution is -0.136. The lowest BCUT2D eigenvalue weighted by atomic mass is 9.86. The van der Waals surface area contributed by atoms with Gasteiger partial charge in [-0.3, -0.25) is 9.59 Å². The third-order valence-corrected chi connectivity index (χ3v) is 7.03. The molecule has 1 saturated carbocycles. The van der Waals surface area contributed by atoms with Crippen molar-refractivity contribution in [3.05, 3.63) is 29.8 Å². The zero-order valence-electron chi connectivity index (χ0n) is 16.0. The van der Waals surface area contributed by atoms with Gasteiger partial charge in [0.05, 0.1) is 11.2 Å². The molecule has 0 aliphatic heterocycles. The fraction of sp³-hybridized carbons (Fsp3) is 0.579. The number of aliphatic carboxylic acids is 1. The molecular weight excluding hydrogens is 368 g/mol. The molecule has 7 nitrogen and oxygen atoms in total. The van der Waals surface area contributed by atoms with Crippen molar-refractivity contribution in [3.63, 3.8) is 0 Å². The van der Waals surface area contributed by atoms with Crippen molar-refractivity contribution in [3.8, 4) is 0 Å². The number of benzene rings is 1. The largest absolute Gasteiger partial charge is 0.481 e. The van der Waals surface area contributed by atoms with Crippen molar-refractivity contribution in [1.82, 2.24) is 4.72 Å². The number of carbonyl (C=O) groups excluding carboxylic acids is 1. The number of nitrogens with one attached hydrogen (secondary N) is 2. The van der Waals surface area contributed by atoms with E-state index in [2.05, 4.69) is 10.0 Å². The van der Waals surface area contributed by atoms with Crippen LogP contribution in [0.1, 0.15) is 52.0 Å². The van der Waals surface area contributed by atoms with Crippen LogP contribution < -0.4 is 10.0 Å². The van der Waals surface area contributed by atoms with Crippen LogP contribution in [0.4, 0.5) is 5.69 Å². The monoisotopic (exact) mass is 396 g/mol. The molecule has 1 aliphatic carbocycles. The number of sulfonamides is 1. The first kappa shape index (κ1) is 21.4. The molecular formula is C19H28N2O5S. The highest BCUT2D eigenvalue weighted by Gasteiger charge is 2.34. The van der Waals surface area contributed by atoms with Gasteiger partial charge >= 0.3 is 5.97 Å². The number of hydrogen-bond donors (Lipinski definition) is 3. The minimum atomic E-state index is -3.40. The first-order valence-corrected chi connectivity index (χ1v) is 10.6. The van der Waals surface area contributed by atoms with Crippen LogP contribution in [0.25, 0.3) is 0 Å². The SMILES string of the molecule is CC(C)(C)S(=O)(=O)NC1CCC(C(=O)Nc2cccc(CC(=O)O)c2)CC1. The molecule has 1 fully saturated rings. The topological polar surface area (TPSA) is 113 Å². The van der Waals surface area contributed by atoms with Gasteiger partial charge in [-0.2, -0.15) is 0 Å². The molecule has 0 atom stereocenters. The lowest BCUT2D eigenvalue weighted by Crippen LogP contribution is -2.46. The van der Waals surface area contributed by atoms with E-state index in [-0.39, 0.29) is 24.3 Å². The standard InChI is InChI=1S/C19H28N2O5S/c1-19(2,3)27(25,26)21-15-9-7-14(8-10-15)18(24)20-16-6-4-5-13(11-16)12-17(22)23/h4-6,11,14-15,21H,7-10,12H2,1-3H3,(H,20,24)(H,22,23). The Labute approximate surface area is 160 Å². The fourth-order valence-corrected chi connectivity index (χ4v) is 4.08. The van der Waals surface area contributed by atoms with E-state index in [1.165, 1.54) is 0 Å². The number of anilines is 1. The average molecular weight is 397 g/mol. The van der Waals surface area contributed by atoms with Crippen molar-refractivity contribution in [2.45, 2.75) is 63.7 Å². The maximum Gasteiger partial charge on any atom is 0.307 e. The van der Waals surface area contributed by atoms with Crippen LogP contribution >= 0.6 is 0 Å². The van der Waals surface area contributed by atoms with Crippen LogP contribution in [-0.4, -0.2) is 36.2 Å². The van der Waals surface area contributed by atoms with E-state index in [9.17, 15) is 18.0 Å². The van der Waals surface area contributed by atoms with Gasteiger partial charge in [0.2, 0.25) is 15.9 Å². The van der Waals surface area contributed by atoms with E-state index < -0.39 is 20.7 Å². The van der Waals surface area contributed by atoms with E-state index in [4.69, 9.17) is 5.11 Å². The Bertz CT molecular complexity index is 791. The summed E-state index contributed by atoms with van der Waals surface area (Å²) in [4.78, 5) is 23.3. The van der Waals surface area contributed by atoms with Crippen molar-refractivity contribution in [2.75, 3.05) is 5.32 Å². The summed E-state index contributed by atoms with van der Waals surface area (Å²) < 4.78 is 26.4. The second-order valence-electron chi connectivity index (χ2n) is 8.04. The Hall–Kier alpha value is -1.93. The van der Waals surface area contributed by atoms with E-state index in [0.717, 1.165) is 0 Å². The molecule has 3 N–H and O–H groups in total. The molecule has 0 heterocycles. The molecule has 8 heteroatoms. The van der Waals surface area contributed by atoms with Gasteiger partial charge in [-0.15, -0.1) is 0 Å². The van der Waals surface area contributed by atoms with E-state index in [1.54, 1.807) is 45.0 Å². The maximum atomic E-state index is 12.5. The average Bonchev–Trinajstić information content (AvgIpc) is 2.53. The van der Waals surface area contributed by atoms with Gasteiger partial charge in [-0.05, 0) is 64.2 Å². The molecule has 1 aliphatic rings. The second kappa shape index (κ2) is 8.39. The number of carboxylic acid groups (broad SMARTS) is 1. The van der Waals surface area contributed by atoms with Crippen molar-refractivity contribution in [2.24, 2.45) is 5.92 Å². The molecule has 0 saturated heterocycles. The van der Waals surface area contributed by atoms with Gasteiger partial charge in [0.1, 0.15) is 0 Å². The summed E-state index contributed by atoms with van der Waals surface area (Å²) in [5, 5.41) is 11.7. The van der Waals surface area contributed by atoms with Gasteiger partial charge in [0.15, 0.2) is 0 Å².